The largest absolute Gasteiger partial charge is 0.369 e. The lowest BCUT2D eigenvalue weighted by Gasteiger charge is -2.39. The van der Waals surface area contributed by atoms with E-state index in [0.717, 1.165) is 74.8 Å². The summed E-state index contributed by atoms with van der Waals surface area (Å²) in [6.07, 6.45) is 3.27. The summed E-state index contributed by atoms with van der Waals surface area (Å²) in [4.78, 5) is 30.9. The number of rotatable bonds is 8. The summed E-state index contributed by atoms with van der Waals surface area (Å²) in [5.41, 5.74) is 4.47. The molecule has 2 aliphatic rings. The second-order valence-corrected chi connectivity index (χ2v) is 14.4. The zero-order valence-corrected chi connectivity index (χ0v) is 26.8. The van der Waals surface area contributed by atoms with Gasteiger partial charge in [-0.3, -0.25) is 19.8 Å². The lowest BCUT2D eigenvalue weighted by Crippen LogP contribution is -2.47. The number of pyridine rings is 1. The van der Waals surface area contributed by atoms with Gasteiger partial charge in [-0.05, 0) is 78.3 Å². The maximum atomic E-state index is 12.8. The number of carbonyl (C=O) groups is 1. The molecular formula is C31H33Cl2N5O5S. The molecular weight excluding hydrogens is 625 g/mol. The van der Waals surface area contributed by atoms with Crippen molar-refractivity contribution in [3.63, 3.8) is 0 Å². The summed E-state index contributed by atoms with van der Waals surface area (Å²) in [5, 5.41) is 11.1. The number of sulfonamides is 1. The fourth-order valence-electron chi connectivity index (χ4n) is 5.66. The molecule has 232 valence electrons. The SMILES string of the molecule is CC1(C)CCC(CN2CCN(c3ccc(S(=O)(=O)NC(=O)c4ccc([N+](=O)[O-])c(Cl)n4)cc3)CC2)=C(c2ccc(Cl)cc2)C1. The second-order valence-electron chi connectivity index (χ2n) is 11.9. The van der Waals surface area contributed by atoms with Crippen LogP contribution in [0.4, 0.5) is 11.4 Å². The van der Waals surface area contributed by atoms with Crippen LogP contribution in [-0.4, -0.2) is 61.9 Å². The highest BCUT2D eigenvalue weighted by Gasteiger charge is 2.29. The zero-order valence-electron chi connectivity index (χ0n) is 24.4. The predicted molar refractivity (Wildman–Crippen MR) is 172 cm³/mol. The standard InChI is InChI=1S/C31H33Cl2N5O5S/c1-31(2)14-13-22(26(19-31)21-3-5-23(32)6-4-21)20-36-15-17-37(18-16-36)24-7-9-25(10-8-24)44(42,43)35-30(39)27-11-12-28(38(40)41)29(33)34-27/h3-12H,13-20H2,1-2H3,(H,35,39). The molecule has 5 rings (SSSR count). The Balaban J connectivity index is 1.20. The first kappa shape index (κ1) is 31.9. The first-order valence-corrected chi connectivity index (χ1v) is 16.5. The van der Waals surface area contributed by atoms with E-state index < -0.39 is 31.7 Å². The van der Waals surface area contributed by atoms with Crippen molar-refractivity contribution >= 4 is 56.1 Å². The molecule has 3 aromatic rings. The molecule has 1 aliphatic carbocycles. The lowest BCUT2D eigenvalue weighted by atomic mass is 9.72. The van der Waals surface area contributed by atoms with Crippen LogP contribution >= 0.6 is 23.2 Å². The molecule has 2 aromatic carbocycles. The summed E-state index contributed by atoms with van der Waals surface area (Å²) in [6, 6.07) is 16.5. The van der Waals surface area contributed by atoms with Crippen LogP contribution in [0.5, 0.6) is 0 Å². The van der Waals surface area contributed by atoms with Crippen LogP contribution < -0.4 is 9.62 Å². The van der Waals surface area contributed by atoms with Crippen LogP contribution in [0, 0.1) is 15.5 Å². The minimum atomic E-state index is -4.21. The summed E-state index contributed by atoms with van der Waals surface area (Å²) >= 11 is 11.9. The summed E-state index contributed by atoms with van der Waals surface area (Å²) in [6.45, 7) is 8.93. The molecule has 1 fully saturated rings. The minimum absolute atomic E-state index is 0.0943. The van der Waals surface area contributed by atoms with Gasteiger partial charge in [-0.1, -0.05) is 54.8 Å². The van der Waals surface area contributed by atoms with Gasteiger partial charge in [-0.2, -0.15) is 0 Å². The van der Waals surface area contributed by atoms with Gasteiger partial charge in [0.05, 0.1) is 9.82 Å². The fraction of sp³-hybridized carbons (Fsp3) is 0.355. The summed E-state index contributed by atoms with van der Waals surface area (Å²) in [7, 11) is -4.21. The molecule has 0 spiro atoms. The van der Waals surface area contributed by atoms with Gasteiger partial charge in [-0.15, -0.1) is 0 Å². The normalized spacial score (nSPS) is 17.4. The fourth-order valence-corrected chi connectivity index (χ4v) is 6.97. The van der Waals surface area contributed by atoms with Gasteiger partial charge in [0.15, 0.2) is 0 Å². The van der Waals surface area contributed by atoms with Gasteiger partial charge in [-0.25, -0.2) is 18.1 Å². The van der Waals surface area contributed by atoms with E-state index >= 15 is 0 Å². The van der Waals surface area contributed by atoms with Crippen LogP contribution in [-0.2, 0) is 10.0 Å². The van der Waals surface area contributed by atoms with Gasteiger partial charge >= 0.3 is 5.69 Å². The smallest absolute Gasteiger partial charge is 0.306 e. The molecule has 13 heteroatoms. The third-order valence-corrected chi connectivity index (χ3v) is 10.0. The Morgan fingerprint density at radius 3 is 2.27 bits per heavy atom. The Morgan fingerprint density at radius 2 is 1.66 bits per heavy atom. The molecule has 1 saturated heterocycles. The van der Waals surface area contributed by atoms with E-state index in [2.05, 4.69) is 40.8 Å². The van der Waals surface area contributed by atoms with Crippen molar-refractivity contribution < 1.29 is 18.1 Å². The summed E-state index contributed by atoms with van der Waals surface area (Å²) in [5.74, 6) is -1.04. The molecule has 1 aromatic heterocycles. The van der Waals surface area contributed by atoms with Gasteiger partial charge in [0.1, 0.15) is 5.69 Å². The minimum Gasteiger partial charge on any atom is -0.369 e. The number of allylic oxidation sites excluding steroid dienone is 1. The van der Waals surface area contributed by atoms with Crippen molar-refractivity contribution in [3.05, 3.63) is 97.8 Å². The Kier molecular flexibility index (Phi) is 9.31. The van der Waals surface area contributed by atoms with Gasteiger partial charge in [0.25, 0.3) is 15.9 Å². The highest BCUT2D eigenvalue weighted by molar-refractivity contribution is 7.90. The topological polar surface area (TPSA) is 126 Å². The van der Waals surface area contributed by atoms with Crippen LogP contribution in [0.1, 0.15) is 49.2 Å². The maximum Gasteiger partial charge on any atom is 0.306 e. The van der Waals surface area contributed by atoms with Crippen LogP contribution in [0.3, 0.4) is 0 Å². The van der Waals surface area contributed by atoms with Gasteiger partial charge in [0, 0.05) is 49.5 Å². The number of amides is 1. The number of piperazine rings is 1. The molecule has 2 heterocycles. The van der Waals surface area contributed by atoms with E-state index in [1.807, 2.05) is 16.9 Å². The Hall–Kier alpha value is -3.51. The number of aromatic nitrogens is 1. The Bertz CT molecular complexity index is 1700. The molecule has 1 amide bonds. The van der Waals surface area contributed by atoms with E-state index in [9.17, 15) is 23.3 Å². The monoisotopic (exact) mass is 657 g/mol. The molecule has 1 N–H and O–H groups in total. The number of nitrogens with one attached hydrogen (secondary N) is 1. The molecule has 0 unspecified atom stereocenters. The molecule has 10 nitrogen and oxygen atoms in total. The van der Waals surface area contributed by atoms with E-state index in [4.69, 9.17) is 23.2 Å². The number of benzene rings is 2. The Morgan fingerprint density at radius 1 is 1.00 bits per heavy atom. The molecule has 1 aliphatic heterocycles. The van der Waals surface area contributed by atoms with Crippen molar-refractivity contribution in [2.24, 2.45) is 5.41 Å². The average Bonchev–Trinajstić information content (AvgIpc) is 2.98. The van der Waals surface area contributed by atoms with E-state index in [1.54, 1.807) is 12.1 Å². The number of halogens is 2. The van der Waals surface area contributed by atoms with E-state index in [1.165, 1.54) is 28.8 Å². The third kappa shape index (κ3) is 7.40. The zero-order chi connectivity index (χ0) is 31.6. The van der Waals surface area contributed by atoms with Crippen molar-refractivity contribution in [2.75, 3.05) is 37.6 Å². The van der Waals surface area contributed by atoms with E-state index in [-0.39, 0.29) is 16.0 Å². The maximum absolute atomic E-state index is 12.8. The van der Waals surface area contributed by atoms with Crippen LogP contribution in [0.2, 0.25) is 10.2 Å². The number of nitro groups is 1. The van der Waals surface area contributed by atoms with Crippen molar-refractivity contribution in [3.8, 4) is 0 Å². The number of anilines is 1. The third-order valence-electron chi connectivity index (χ3n) is 8.16. The van der Waals surface area contributed by atoms with Crippen molar-refractivity contribution in [1.29, 1.82) is 0 Å². The molecule has 0 bridgehead atoms. The second kappa shape index (κ2) is 12.8. The number of hydrogen-bond acceptors (Lipinski definition) is 8. The highest BCUT2D eigenvalue weighted by Crippen LogP contribution is 2.43. The van der Waals surface area contributed by atoms with Gasteiger partial charge in [0.2, 0.25) is 5.15 Å². The van der Waals surface area contributed by atoms with E-state index in [0.29, 0.717) is 0 Å². The number of hydrogen-bond donors (Lipinski definition) is 1. The molecule has 44 heavy (non-hydrogen) atoms. The number of carbonyl (C=O) groups excluding carboxylic acids is 1. The molecule has 0 atom stereocenters. The Labute approximate surface area is 266 Å². The average molecular weight is 659 g/mol. The van der Waals surface area contributed by atoms with Crippen LogP contribution in [0.15, 0.2) is 71.1 Å². The van der Waals surface area contributed by atoms with Crippen LogP contribution in [0.25, 0.3) is 5.57 Å². The van der Waals surface area contributed by atoms with Crippen molar-refractivity contribution in [2.45, 2.75) is 38.0 Å². The predicted octanol–water partition coefficient (Wildman–Crippen LogP) is 6.20. The molecule has 0 saturated carbocycles. The first-order valence-electron chi connectivity index (χ1n) is 14.2. The first-order chi connectivity index (χ1) is 20.8. The summed E-state index contributed by atoms with van der Waals surface area (Å²) < 4.78 is 27.6. The quantitative estimate of drug-likeness (QED) is 0.172. The highest BCUT2D eigenvalue weighted by atomic mass is 35.5. The van der Waals surface area contributed by atoms with Crippen molar-refractivity contribution in [1.82, 2.24) is 14.6 Å². The lowest BCUT2D eigenvalue weighted by molar-refractivity contribution is -0.385. The molecule has 0 radical (unpaired) electrons. The van der Waals surface area contributed by atoms with Gasteiger partial charge < -0.3 is 4.90 Å². The number of nitrogens with zero attached hydrogens (tertiary/aromatic N) is 4.